The highest BCUT2D eigenvalue weighted by Crippen LogP contribution is 2.47. The second kappa shape index (κ2) is 9.44. The number of phosphoric ester groups is 1. The number of aryl methyl sites for hydroxylation is 1. The number of hydrogen-bond acceptors (Lipinski definition) is 7. The lowest BCUT2D eigenvalue weighted by atomic mass is 9.88. The molecular weight excluding hydrogens is 437 g/mol. The van der Waals surface area contributed by atoms with Crippen LogP contribution in [0.1, 0.15) is 30.4 Å². The van der Waals surface area contributed by atoms with Crippen molar-refractivity contribution in [3.8, 4) is 22.8 Å². The molecule has 2 unspecified atom stereocenters. The molecule has 0 fully saturated rings. The van der Waals surface area contributed by atoms with Gasteiger partial charge in [-0.1, -0.05) is 31.2 Å². The van der Waals surface area contributed by atoms with Gasteiger partial charge in [0.2, 0.25) is 0 Å². The van der Waals surface area contributed by atoms with Gasteiger partial charge in [-0.15, -0.1) is 0 Å². The third kappa shape index (κ3) is 4.87. The average Bonchev–Trinajstić information content (AvgIpc) is 2.69. The minimum Gasteiger partial charge on any atom is -0.507 e. The maximum absolute atomic E-state index is 13.0. The summed E-state index contributed by atoms with van der Waals surface area (Å²) >= 11 is 0. The number of fused-ring (bicyclic) bond motifs is 1. The third-order valence-corrected chi connectivity index (χ3v) is 5.73. The maximum atomic E-state index is 13.0. The van der Waals surface area contributed by atoms with Crippen molar-refractivity contribution in [3.63, 3.8) is 0 Å². The molecule has 1 heterocycles. The Hall–Kier alpha value is -2.68. The third-order valence-electron chi connectivity index (χ3n) is 5.30. The molecule has 2 aromatic carbocycles. The van der Waals surface area contributed by atoms with Gasteiger partial charge in [-0.2, -0.15) is 0 Å². The van der Waals surface area contributed by atoms with Crippen molar-refractivity contribution >= 4 is 18.8 Å². The molecule has 172 valence electrons. The molecule has 3 rings (SSSR count). The molecule has 0 saturated carbocycles. The molecule has 0 amide bonds. The van der Waals surface area contributed by atoms with Crippen LogP contribution in [0.25, 0.3) is 22.3 Å². The van der Waals surface area contributed by atoms with Gasteiger partial charge < -0.3 is 24.5 Å². The van der Waals surface area contributed by atoms with Crippen LogP contribution in [-0.4, -0.2) is 39.7 Å². The number of aliphatic hydroxyl groups is 1. The fourth-order valence-electron chi connectivity index (χ4n) is 3.87. The van der Waals surface area contributed by atoms with Crippen molar-refractivity contribution < 1.29 is 33.5 Å². The van der Waals surface area contributed by atoms with Crippen molar-refractivity contribution in [2.75, 3.05) is 13.6 Å². The first-order chi connectivity index (χ1) is 15.1. The number of aliphatic hydroxyl groups excluding tert-OH is 1. The van der Waals surface area contributed by atoms with Crippen molar-refractivity contribution in [3.05, 3.63) is 57.7 Å². The summed E-state index contributed by atoms with van der Waals surface area (Å²) in [6, 6.07) is 9.45. The summed E-state index contributed by atoms with van der Waals surface area (Å²) in [7, 11) is -3.38. The number of likely N-dealkylation sites (N-methyl/N-ethyl adjacent to an activating group) is 1. The first kappa shape index (κ1) is 24.0. The number of benzene rings is 2. The van der Waals surface area contributed by atoms with Crippen LogP contribution >= 0.6 is 7.82 Å². The molecular formula is C22H26NO8P. The number of aromatic hydroxyl groups is 1. The Morgan fingerprint density at radius 3 is 2.50 bits per heavy atom. The maximum Gasteiger partial charge on any atom is 0.524 e. The summed E-state index contributed by atoms with van der Waals surface area (Å²) in [5.41, 5.74) is 0.941. The lowest BCUT2D eigenvalue weighted by Gasteiger charge is -2.25. The summed E-state index contributed by atoms with van der Waals surface area (Å²) in [5, 5.41) is 23.9. The van der Waals surface area contributed by atoms with E-state index < -0.39 is 31.0 Å². The highest BCUT2D eigenvalue weighted by atomic mass is 31.2. The topological polar surface area (TPSA) is 149 Å². The van der Waals surface area contributed by atoms with Gasteiger partial charge in [-0.3, -0.25) is 14.6 Å². The Kier molecular flexibility index (Phi) is 7.07. The molecule has 9 nitrogen and oxygen atoms in total. The van der Waals surface area contributed by atoms with Crippen molar-refractivity contribution in [1.82, 2.24) is 5.32 Å². The van der Waals surface area contributed by atoms with Crippen LogP contribution in [0, 0.1) is 6.92 Å². The summed E-state index contributed by atoms with van der Waals surface area (Å²) in [6.45, 7) is 3.78. The zero-order valence-corrected chi connectivity index (χ0v) is 18.8. The van der Waals surface area contributed by atoms with Crippen molar-refractivity contribution in [2.24, 2.45) is 0 Å². The Balaban J connectivity index is 2.43. The molecule has 10 heteroatoms. The van der Waals surface area contributed by atoms with Gasteiger partial charge in [0.1, 0.15) is 28.2 Å². The van der Waals surface area contributed by atoms with E-state index in [0.717, 1.165) is 11.6 Å². The Morgan fingerprint density at radius 1 is 1.22 bits per heavy atom. The quantitative estimate of drug-likeness (QED) is 0.318. The van der Waals surface area contributed by atoms with Gasteiger partial charge in [-0.05, 0) is 26.0 Å². The van der Waals surface area contributed by atoms with Crippen LogP contribution in [0.3, 0.4) is 0 Å². The van der Waals surface area contributed by atoms with Crippen molar-refractivity contribution in [1.29, 1.82) is 0 Å². The van der Waals surface area contributed by atoms with E-state index in [2.05, 4.69) is 5.32 Å². The van der Waals surface area contributed by atoms with Crippen LogP contribution in [0.15, 0.2) is 45.6 Å². The van der Waals surface area contributed by atoms with E-state index in [9.17, 15) is 29.4 Å². The average molecular weight is 463 g/mol. The summed E-state index contributed by atoms with van der Waals surface area (Å²) < 4.78 is 22.5. The smallest absolute Gasteiger partial charge is 0.507 e. The van der Waals surface area contributed by atoms with Crippen LogP contribution in [0.5, 0.6) is 11.5 Å². The van der Waals surface area contributed by atoms with E-state index in [-0.39, 0.29) is 34.6 Å². The summed E-state index contributed by atoms with van der Waals surface area (Å²) in [5.74, 6) is -1.42. The normalized spacial score (nSPS) is 13.8. The molecule has 3 aromatic rings. The number of hydrogen-bond donors (Lipinski definition) is 5. The minimum absolute atomic E-state index is 0.0961. The molecule has 0 radical (unpaired) electrons. The Bertz CT molecular complexity index is 1230. The number of rotatable bonds is 8. The zero-order valence-electron chi connectivity index (χ0n) is 17.9. The SMILES string of the molecule is CCC(c1c(OP(=O)(O)O)cc(O)c2c(=O)cc(-c3ccccc3C)oc12)C(O)CNC. The van der Waals surface area contributed by atoms with Crippen LogP contribution < -0.4 is 15.3 Å². The molecule has 0 aliphatic rings. The minimum atomic E-state index is -5.03. The molecule has 0 spiro atoms. The predicted molar refractivity (Wildman–Crippen MR) is 120 cm³/mol. The largest absolute Gasteiger partial charge is 0.524 e. The van der Waals surface area contributed by atoms with E-state index in [1.165, 1.54) is 6.07 Å². The first-order valence-electron chi connectivity index (χ1n) is 10.0. The zero-order chi connectivity index (χ0) is 23.6. The molecule has 2 atom stereocenters. The van der Waals surface area contributed by atoms with E-state index in [0.29, 0.717) is 12.0 Å². The second-order valence-electron chi connectivity index (χ2n) is 7.52. The van der Waals surface area contributed by atoms with E-state index in [4.69, 9.17) is 8.94 Å². The second-order valence-corrected chi connectivity index (χ2v) is 8.69. The fourth-order valence-corrected chi connectivity index (χ4v) is 4.28. The Labute approximate surface area is 184 Å². The van der Waals surface area contributed by atoms with Gasteiger partial charge >= 0.3 is 7.82 Å². The standard InChI is InChI=1S/C22H26NO8P/c1-4-13(17(26)11-23-3)20-19(31-32(27,28)29)10-16(25)21-15(24)9-18(30-22(20)21)14-8-6-5-7-12(14)2/h5-10,13,17,23,25-26H,4,11H2,1-3H3,(H2,27,28,29). The molecule has 32 heavy (non-hydrogen) atoms. The number of phenols is 1. The summed E-state index contributed by atoms with van der Waals surface area (Å²) in [6.07, 6.45) is -0.664. The number of phosphoric acid groups is 1. The predicted octanol–water partition coefficient (Wildman–Crippen LogP) is 3.02. The molecule has 0 aliphatic heterocycles. The monoisotopic (exact) mass is 463 g/mol. The van der Waals surface area contributed by atoms with E-state index in [1.54, 1.807) is 26.1 Å². The fraction of sp³-hybridized carbons (Fsp3) is 0.318. The van der Waals surface area contributed by atoms with Gasteiger partial charge in [0.15, 0.2) is 5.43 Å². The number of phenolic OH excluding ortho intramolecular Hbond substituents is 1. The number of nitrogens with one attached hydrogen (secondary N) is 1. The van der Waals surface area contributed by atoms with Crippen molar-refractivity contribution in [2.45, 2.75) is 32.3 Å². The van der Waals surface area contributed by atoms with Gasteiger partial charge in [0.25, 0.3) is 0 Å². The van der Waals surface area contributed by atoms with Crippen LogP contribution in [0.4, 0.5) is 0 Å². The highest BCUT2D eigenvalue weighted by molar-refractivity contribution is 7.46. The van der Waals surface area contributed by atoms with E-state index in [1.807, 2.05) is 19.1 Å². The lowest BCUT2D eigenvalue weighted by molar-refractivity contribution is 0.139. The van der Waals surface area contributed by atoms with Gasteiger partial charge in [0, 0.05) is 35.7 Å². The van der Waals surface area contributed by atoms with Gasteiger partial charge in [-0.25, -0.2) is 4.57 Å². The molecule has 5 N–H and O–H groups in total. The van der Waals surface area contributed by atoms with E-state index >= 15 is 0 Å². The van der Waals surface area contributed by atoms with Gasteiger partial charge in [0.05, 0.1) is 6.10 Å². The Morgan fingerprint density at radius 2 is 1.91 bits per heavy atom. The molecule has 0 aliphatic carbocycles. The molecule has 0 bridgehead atoms. The summed E-state index contributed by atoms with van der Waals surface area (Å²) in [4.78, 5) is 31.8. The van der Waals surface area contributed by atoms with Crippen LogP contribution in [-0.2, 0) is 4.57 Å². The molecule has 1 aromatic heterocycles. The first-order valence-corrected chi connectivity index (χ1v) is 11.6. The van der Waals surface area contributed by atoms with Crippen LogP contribution in [0.2, 0.25) is 0 Å². The highest BCUT2D eigenvalue weighted by Gasteiger charge is 2.31. The lowest BCUT2D eigenvalue weighted by Crippen LogP contribution is -2.30. The molecule has 0 saturated heterocycles.